The van der Waals surface area contributed by atoms with E-state index in [1.54, 1.807) is 0 Å². The lowest BCUT2D eigenvalue weighted by molar-refractivity contribution is -0.246. The fourth-order valence-electron chi connectivity index (χ4n) is 4.13. The second-order valence-corrected chi connectivity index (χ2v) is 14.5. The molecule has 5 atom stereocenters. The molecule has 3 saturated heterocycles. The van der Waals surface area contributed by atoms with Crippen LogP contribution in [0.15, 0.2) is 0 Å². The zero-order valence-electron chi connectivity index (χ0n) is 15.2. The van der Waals surface area contributed by atoms with Crippen molar-refractivity contribution in [2.45, 2.75) is 95.2 Å². The molecular formula is C16H30O6Si. The van der Waals surface area contributed by atoms with Crippen LogP contribution in [0.4, 0.5) is 0 Å². The van der Waals surface area contributed by atoms with E-state index in [1.807, 2.05) is 27.7 Å². The van der Waals surface area contributed by atoms with Crippen LogP contribution in [0, 0.1) is 0 Å². The molecule has 3 fully saturated rings. The van der Waals surface area contributed by atoms with Crippen LogP contribution in [0.2, 0.25) is 25.7 Å². The van der Waals surface area contributed by atoms with Crippen LogP contribution in [0.3, 0.4) is 0 Å². The Bertz CT molecular complexity index is 474. The second-order valence-electron chi connectivity index (χ2n) is 9.05. The van der Waals surface area contributed by atoms with E-state index in [4.69, 9.17) is 23.7 Å². The molecule has 0 aromatic heterocycles. The number of aliphatic hydroxyl groups excluding tert-OH is 1. The van der Waals surface area contributed by atoms with Crippen molar-refractivity contribution in [3.63, 3.8) is 0 Å². The first-order valence-corrected chi connectivity index (χ1v) is 12.1. The van der Waals surface area contributed by atoms with Gasteiger partial charge in [0, 0.05) is 8.07 Å². The van der Waals surface area contributed by atoms with Gasteiger partial charge in [-0.15, -0.1) is 0 Å². The van der Waals surface area contributed by atoms with Gasteiger partial charge in [0.25, 0.3) is 0 Å². The Morgan fingerprint density at radius 2 is 1.65 bits per heavy atom. The van der Waals surface area contributed by atoms with Crippen LogP contribution in [0.25, 0.3) is 0 Å². The first kappa shape index (κ1) is 17.8. The first-order valence-electron chi connectivity index (χ1n) is 8.37. The third kappa shape index (κ3) is 3.25. The quantitative estimate of drug-likeness (QED) is 0.789. The molecule has 3 aliphatic heterocycles. The van der Waals surface area contributed by atoms with Crippen LogP contribution in [-0.4, -0.2) is 61.6 Å². The molecule has 3 heterocycles. The van der Waals surface area contributed by atoms with Crippen molar-refractivity contribution in [3.05, 3.63) is 0 Å². The lowest BCUT2D eigenvalue weighted by Gasteiger charge is -2.38. The van der Waals surface area contributed by atoms with Gasteiger partial charge in [-0.3, -0.25) is 0 Å². The lowest BCUT2D eigenvalue weighted by Crippen LogP contribution is -2.55. The molecule has 0 aromatic rings. The molecule has 0 unspecified atom stereocenters. The molecule has 134 valence electrons. The number of hydrogen-bond acceptors (Lipinski definition) is 6. The minimum Gasteiger partial charge on any atom is -0.366 e. The van der Waals surface area contributed by atoms with Crippen molar-refractivity contribution >= 4 is 8.07 Å². The second kappa shape index (κ2) is 5.24. The van der Waals surface area contributed by atoms with E-state index in [0.717, 1.165) is 6.04 Å². The summed E-state index contributed by atoms with van der Waals surface area (Å²) in [5, 5.41) is 10.4. The largest absolute Gasteiger partial charge is 0.366 e. The molecule has 23 heavy (non-hydrogen) atoms. The topological polar surface area (TPSA) is 66.4 Å². The van der Waals surface area contributed by atoms with Crippen LogP contribution >= 0.6 is 0 Å². The first-order chi connectivity index (χ1) is 10.3. The van der Waals surface area contributed by atoms with E-state index in [-0.39, 0.29) is 6.10 Å². The van der Waals surface area contributed by atoms with Crippen LogP contribution in [0.5, 0.6) is 0 Å². The fraction of sp³-hybridized carbons (Fsp3) is 1.00. The molecule has 7 heteroatoms. The third-order valence-electron chi connectivity index (χ3n) is 4.53. The molecule has 0 aromatic carbocycles. The summed E-state index contributed by atoms with van der Waals surface area (Å²) in [6.07, 6.45) is -2.19. The van der Waals surface area contributed by atoms with E-state index < -0.39 is 43.7 Å². The maximum atomic E-state index is 10.4. The Morgan fingerprint density at radius 1 is 1.00 bits per heavy atom. The van der Waals surface area contributed by atoms with Crippen molar-refractivity contribution < 1.29 is 28.8 Å². The SMILES string of the molecule is CC1(C)OC[C@H]([C@H]2O[C@H](O)[C@@H]3OC(C)(C)O[C@]23C[Si](C)(C)C)O1. The minimum absolute atomic E-state index is 0.279. The minimum atomic E-state index is -1.53. The molecule has 3 aliphatic rings. The van der Waals surface area contributed by atoms with Crippen molar-refractivity contribution in [1.82, 2.24) is 0 Å². The van der Waals surface area contributed by atoms with E-state index in [1.165, 1.54) is 0 Å². The van der Waals surface area contributed by atoms with Gasteiger partial charge < -0.3 is 28.8 Å². The molecule has 0 bridgehead atoms. The van der Waals surface area contributed by atoms with Gasteiger partial charge >= 0.3 is 0 Å². The molecule has 6 nitrogen and oxygen atoms in total. The average Bonchev–Trinajstić information content (AvgIpc) is 2.88. The van der Waals surface area contributed by atoms with E-state index in [2.05, 4.69) is 19.6 Å². The zero-order chi connectivity index (χ0) is 17.3. The van der Waals surface area contributed by atoms with Crippen LogP contribution in [0.1, 0.15) is 27.7 Å². The van der Waals surface area contributed by atoms with E-state index in [9.17, 15) is 5.11 Å². The van der Waals surface area contributed by atoms with Gasteiger partial charge in [-0.1, -0.05) is 19.6 Å². The fourth-order valence-corrected chi connectivity index (χ4v) is 6.27. The summed E-state index contributed by atoms with van der Waals surface area (Å²) in [5.41, 5.74) is -0.693. The molecule has 0 amide bonds. The highest BCUT2D eigenvalue weighted by molar-refractivity contribution is 6.76. The van der Waals surface area contributed by atoms with Crippen LogP contribution < -0.4 is 0 Å². The number of aliphatic hydroxyl groups is 1. The average molecular weight is 346 g/mol. The van der Waals surface area contributed by atoms with Crippen molar-refractivity contribution in [1.29, 1.82) is 0 Å². The van der Waals surface area contributed by atoms with Gasteiger partial charge in [-0.2, -0.15) is 0 Å². The van der Waals surface area contributed by atoms with E-state index in [0.29, 0.717) is 6.61 Å². The Labute approximate surface area is 139 Å². The van der Waals surface area contributed by atoms with Crippen molar-refractivity contribution in [3.8, 4) is 0 Å². The predicted octanol–water partition coefficient (Wildman–Crippen LogP) is 2.08. The smallest absolute Gasteiger partial charge is 0.184 e. The highest BCUT2D eigenvalue weighted by Crippen LogP contribution is 2.52. The summed E-state index contributed by atoms with van der Waals surface area (Å²) in [4.78, 5) is 0. The molecule has 0 saturated carbocycles. The van der Waals surface area contributed by atoms with Gasteiger partial charge in [0.05, 0.1) is 6.61 Å². The summed E-state index contributed by atoms with van der Waals surface area (Å²) in [6, 6.07) is 0.829. The summed E-state index contributed by atoms with van der Waals surface area (Å²) >= 11 is 0. The Morgan fingerprint density at radius 3 is 2.17 bits per heavy atom. The van der Waals surface area contributed by atoms with Crippen molar-refractivity contribution in [2.24, 2.45) is 0 Å². The summed E-state index contributed by atoms with van der Waals surface area (Å²) < 4.78 is 30.0. The zero-order valence-corrected chi connectivity index (χ0v) is 16.2. The number of ether oxygens (including phenoxy) is 5. The Kier molecular flexibility index (Phi) is 4.05. The number of hydrogen-bond donors (Lipinski definition) is 1. The highest BCUT2D eigenvalue weighted by Gasteiger charge is 2.69. The third-order valence-corrected chi connectivity index (χ3v) is 6.14. The van der Waals surface area contributed by atoms with Crippen molar-refractivity contribution in [2.75, 3.05) is 6.61 Å². The monoisotopic (exact) mass is 346 g/mol. The maximum Gasteiger partial charge on any atom is 0.184 e. The summed E-state index contributed by atoms with van der Waals surface area (Å²) in [6.45, 7) is 14.8. The normalized spacial score (nSPS) is 45.4. The molecule has 3 rings (SSSR count). The summed E-state index contributed by atoms with van der Waals surface area (Å²) in [7, 11) is -1.53. The van der Waals surface area contributed by atoms with Gasteiger partial charge in [0.2, 0.25) is 0 Å². The summed E-state index contributed by atoms with van der Waals surface area (Å²) in [5.74, 6) is -1.39. The van der Waals surface area contributed by atoms with Crippen LogP contribution in [-0.2, 0) is 23.7 Å². The van der Waals surface area contributed by atoms with Gasteiger partial charge in [0.1, 0.15) is 23.9 Å². The molecule has 0 spiro atoms. The number of rotatable bonds is 3. The van der Waals surface area contributed by atoms with Gasteiger partial charge in [-0.25, -0.2) is 0 Å². The standard InChI is InChI=1S/C16H30O6Si/c1-14(2)18-8-10(20-14)11-16(9-23(5,6)7)12(13(17)19-11)21-15(3,4)22-16/h10-13,17H,8-9H2,1-7H3/t10-,11-,12+,13+,16-/m1/s1. The Hall–Kier alpha value is -0.0231. The molecule has 1 N–H and O–H groups in total. The lowest BCUT2D eigenvalue weighted by atomic mass is 9.91. The maximum absolute atomic E-state index is 10.4. The molecule has 0 aliphatic carbocycles. The molecule has 0 radical (unpaired) electrons. The predicted molar refractivity (Wildman–Crippen MR) is 86.7 cm³/mol. The highest BCUT2D eigenvalue weighted by atomic mass is 28.3. The number of fused-ring (bicyclic) bond motifs is 1. The van der Waals surface area contributed by atoms with Gasteiger partial charge in [0.15, 0.2) is 17.9 Å². The van der Waals surface area contributed by atoms with E-state index >= 15 is 0 Å². The Balaban J connectivity index is 1.95. The van der Waals surface area contributed by atoms with Gasteiger partial charge in [-0.05, 0) is 33.7 Å². The molecular weight excluding hydrogens is 316 g/mol.